The molecule has 0 aromatic rings. The monoisotopic (exact) mass is 438 g/mol. The Morgan fingerprint density at radius 3 is 1.68 bits per heavy atom. The zero-order valence-corrected chi connectivity index (χ0v) is 20.5. The molecule has 182 valence electrons. The molecule has 0 bridgehead atoms. The number of hydrogen-bond donors (Lipinski definition) is 1. The summed E-state index contributed by atoms with van der Waals surface area (Å²) < 4.78 is 5.00. The molecule has 0 rings (SSSR count). The van der Waals surface area contributed by atoms with E-state index in [1.54, 1.807) is 0 Å². The van der Waals surface area contributed by atoms with E-state index in [0.717, 1.165) is 32.1 Å². The molecule has 0 aromatic heterocycles. The van der Waals surface area contributed by atoms with Gasteiger partial charge in [0.25, 0.3) is 0 Å². The molecule has 1 atom stereocenters. The van der Waals surface area contributed by atoms with E-state index in [1.165, 1.54) is 77.0 Å². The van der Waals surface area contributed by atoms with Gasteiger partial charge in [0.15, 0.2) is 0 Å². The second-order valence-corrected chi connectivity index (χ2v) is 8.89. The number of esters is 1. The van der Waals surface area contributed by atoms with Crippen LogP contribution in [0.4, 0.5) is 0 Å². The first-order valence-corrected chi connectivity index (χ1v) is 13.1. The second-order valence-electron chi connectivity index (χ2n) is 8.89. The van der Waals surface area contributed by atoms with E-state index in [2.05, 4.69) is 19.1 Å². The van der Waals surface area contributed by atoms with E-state index < -0.39 is 17.9 Å². The van der Waals surface area contributed by atoms with Crippen molar-refractivity contribution >= 4 is 11.9 Å². The van der Waals surface area contributed by atoms with Gasteiger partial charge in [-0.05, 0) is 38.5 Å². The second kappa shape index (κ2) is 23.3. The molecule has 1 N–H and O–H groups in total. The number of carboxylic acids is 1. The van der Waals surface area contributed by atoms with Crippen LogP contribution in [0.1, 0.15) is 136 Å². The summed E-state index contributed by atoms with van der Waals surface area (Å²) in [5, 5.41) is 9.27. The van der Waals surface area contributed by atoms with E-state index in [1.807, 2.05) is 6.92 Å². The fourth-order valence-electron chi connectivity index (χ4n) is 3.78. The van der Waals surface area contributed by atoms with Crippen molar-refractivity contribution in [1.82, 2.24) is 0 Å². The van der Waals surface area contributed by atoms with Gasteiger partial charge in [-0.1, -0.05) is 103 Å². The van der Waals surface area contributed by atoms with Gasteiger partial charge in [0, 0.05) is 0 Å². The minimum Gasteiger partial charge on any atom is -0.481 e. The quantitative estimate of drug-likeness (QED) is 0.0991. The van der Waals surface area contributed by atoms with Gasteiger partial charge in [-0.2, -0.15) is 0 Å². The number of carbonyl (C=O) groups excluding carboxylic acids is 1. The number of ether oxygens (including phenoxy) is 1. The molecule has 1 unspecified atom stereocenters. The van der Waals surface area contributed by atoms with Crippen molar-refractivity contribution in [3.8, 4) is 0 Å². The molecule has 4 heteroatoms. The Labute approximate surface area is 192 Å². The summed E-state index contributed by atoms with van der Waals surface area (Å²) in [5.41, 5.74) is 0. The lowest BCUT2D eigenvalue weighted by molar-refractivity contribution is -0.151. The molecular formula is C27H50O4. The minimum atomic E-state index is -0.893. The molecule has 0 aliphatic rings. The van der Waals surface area contributed by atoms with Crippen LogP contribution in [0, 0.1) is 5.92 Å². The van der Waals surface area contributed by atoms with Crippen molar-refractivity contribution in [1.29, 1.82) is 0 Å². The molecule has 0 aromatic carbocycles. The third-order valence-electron chi connectivity index (χ3n) is 5.79. The van der Waals surface area contributed by atoms with Crippen molar-refractivity contribution in [2.24, 2.45) is 5.92 Å². The highest BCUT2D eigenvalue weighted by Crippen LogP contribution is 2.16. The number of carbonyl (C=O) groups is 2. The van der Waals surface area contributed by atoms with Crippen LogP contribution in [0.2, 0.25) is 0 Å². The van der Waals surface area contributed by atoms with E-state index >= 15 is 0 Å². The maximum absolute atomic E-state index is 11.6. The van der Waals surface area contributed by atoms with Crippen molar-refractivity contribution in [3.05, 3.63) is 12.2 Å². The van der Waals surface area contributed by atoms with Crippen molar-refractivity contribution in [3.63, 3.8) is 0 Å². The highest BCUT2D eigenvalue weighted by atomic mass is 16.5. The van der Waals surface area contributed by atoms with Gasteiger partial charge < -0.3 is 9.84 Å². The molecule has 0 aliphatic heterocycles. The zero-order chi connectivity index (χ0) is 23.0. The molecule has 0 radical (unpaired) electrons. The first-order valence-electron chi connectivity index (χ1n) is 13.1. The van der Waals surface area contributed by atoms with E-state index in [0.29, 0.717) is 13.0 Å². The summed E-state index contributed by atoms with van der Waals surface area (Å²) in [5.74, 6) is -1.90. The SMILES string of the molecule is CCCCCCCCCCCCCC/C=C/CCCCC(CC(=O)OCCC)C(=O)O. The van der Waals surface area contributed by atoms with E-state index in [4.69, 9.17) is 4.74 Å². The smallest absolute Gasteiger partial charge is 0.307 e. The average Bonchev–Trinajstić information content (AvgIpc) is 2.75. The maximum atomic E-state index is 11.6. The van der Waals surface area contributed by atoms with E-state index in [-0.39, 0.29) is 6.42 Å². The lowest BCUT2D eigenvalue weighted by atomic mass is 9.98. The topological polar surface area (TPSA) is 63.6 Å². The van der Waals surface area contributed by atoms with Crippen molar-refractivity contribution in [2.45, 2.75) is 136 Å². The molecule has 0 aliphatic carbocycles. The lowest BCUT2D eigenvalue weighted by Crippen LogP contribution is -2.19. The molecule has 0 amide bonds. The Kier molecular flexibility index (Phi) is 22.4. The van der Waals surface area contributed by atoms with Crippen molar-refractivity contribution in [2.75, 3.05) is 6.61 Å². The number of hydrogen-bond acceptors (Lipinski definition) is 3. The summed E-state index contributed by atoms with van der Waals surface area (Å²) in [4.78, 5) is 22.9. The Hall–Kier alpha value is -1.32. The highest BCUT2D eigenvalue weighted by molar-refractivity contribution is 5.78. The molecule has 0 heterocycles. The Bertz CT molecular complexity index is 445. The van der Waals surface area contributed by atoms with Crippen LogP contribution < -0.4 is 0 Å². The average molecular weight is 439 g/mol. The van der Waals surface area contributed by atoms with Crippen LogP contribution in [-0.2, 0) is 14.3 Å². The fourth-order valence-corrected chi connectivity index (χ4v) is 3.78. The number of allylic oxidation sites excluding steroid dienone is 2. The van der Waals surface area contributed by atoms with Crippen molar-refractivity contribution < 1.29 is 19.4 Å². The van der Waals surface area contributed by atoms with Gasteiger partial charge in [-0.15, -0.1) is 0 Å². The molecular weight excluding hydrogens is 388 g/mol. The molecule has 0 fully saturated rings. The van der Waals surface area contributed by atoms with Crippen LogP contribution in [0.5, 0.6) is 0 Å². The van der Waals surface area contributed by atoms with Crippen LogP contribution in [0.3, 0.4) is 0 Å². The Morgan fingerprint density at radius 1 is 0.710 bits per heavy atom. The Balaban J connectivity index is 3.48. The zero-order valence-electron chi connectivity index (χ0n) is 20.5. The van der Waals surface area contributed by atoms with Crippen LogP contribution in [-0.4, -0.2) is 23.7 Å². The fraction of sp³-hybridized carbons (Fsp3) is 0.852. The summed E-state index contributed by atoms with van der Waals surface area (Å²) in [6.07, 6.45) is 26.3. The summed E-state index contributed by atoms with van der Waals surface area (Å²) in [6.45, 7) is 4.57. The van der Waals surface area contributed by atoms with Gasteiger partial charge in [0.2, 0.25) is 0 Å². The van der Waals surface area contributed by atoms with E-state index in [9.17, 15) is 14.7 Å². The van der Waals surface area contributed by atoms with Gasteiger partial charge in [0.05, 0.1) is 18.9 Å². The summed E-state index contributed by atoms with van der Waals surface area (Å²) >= 11 is 0. The standard InChI is InChI=1S/C27H50O4/c1-3-5-6-7-8-9-10-11-12-13-14-15-16-17-18-19-20-21-22-25(27(29)30)24-26(28)31-23-4-2/h17-18,25H,3-16,19-24H2,1-2H3,(H,29,30)/b18-17+. The molecule has 31 heavy (non-hydrogen) atoms. The predicted molar refractivity (Wildman–Crippen MR) is 130 cm³/mol. The third-order valence-corrected chi connectivity index (χ3v) is 5.79. The van der Waals surface area contributed by atoms with Crippen LogP contribution in [0.25, 0.3) is 0 Å². The minimum absolute atomic E-state index is 0.00979. The van der Waals surface area contributed by atoms with Gasteiger partial charge in [0.1, 0.15) is 0 Å². The predicted octanol–water partition coefficient (Wildman–Crippen LogP) is 8.24. The molecule has 0 saturated carbocycles. The first-order chi connectivity index (χ1) is 15.1. The number of carboxylic acid groups (broad SMARTS) is 1. The van der Waals surface area contributed by atoms with Gasteiger partial charge in [-0.25, -0.2) is 0 Å². The molecule has 0 spiro atoms. The van der Waals surface area contributed by atoms with Crippen LogP contribution >= 0.6 is 0 Å². The molecule has 4 nitrogen and oxygen atoms in total. The summed E-state index contributed by atoms with van der Waals surface area (Å²) in [7, 11) is 0. The number of rotatable bonds is 23. The third kappa shape index (κ3) is 21.7. The van der Waals surface area contributed by atoms with Gasteiger partial charge in [-0.3, -0.25) is 9.59 Å². The maximum Gasteiger partial charge on any atom is 0.307 e. The normalized spacial score (nSPS) is 12.3. The molecule has 0 saturated heterocycles. The summed E-state index contributed by atoms with van der Waals surface area (Å²) in [6, 6.07) is 0. The Morgan fingerprint density at radius 2 is 1.19 bits per heavy atom. The lowest BCUT2D eigenvalue weighted by Gasteiger charge is -2.11. The van der Waals surface area contributed by atoms with Gasteiger partial charge >= 0.3 is 11.9 Å². The van der Waals surface area contributed by atoms with Crippen LogP contribution in [0.15, 0.2) is 12.2 Å². The highest BCUT2D eigenvalue weighted by Gasteiger charge is 2.21. The first kappa shape index (κ1) is 29.7. The number of aliphatic carboxylic acids is 1. The largest absolute Gasteiger partial charge is 0.481 e. The number of unbranched alkanes of at least 4 members (excludes halogenated alkanes) is 14.